The van der Waals surface area contributed by atoms with Gasteiger partial charge in [-0.3, -0.25) is 14.2 Å². The van der Waals surface area contributed by atoms with Gasteiger partial charge in [-0.05, 0) is 31.0 Å². The molecular formula is C26H36F3N3O4. The standard InChI is InChI=1S/C26H36F3N3O4/c1-24(2,3)21-13-22(32(31(21)6)14-18-8-7-11-35-18)30-23(34)19-12-17(26(27,28)29)9-10-20(19)36-16-25(4,5)15-33/h9-10,12-13,18,33H,7-8,11,14-16H2,1-6H3/b30-22+/t18-/m1/s1. The van der Waals surface area contributed by atoms with E-state index in [1.165, 1.54) is 0 Å². The zero-order valence-corrected chi connectivity index (χ0v) is 21.8. The second-order valence-corrected chi connectivity index (χ2v) is 11.1. The van der Waals surface area contributed by atoms with E-state index in [-0.39, 0.29) is 36.0 Å². The Morgan fingerprint density at radius 1 is 1.19 bits per heavy atom. The van der Waals surface area contributed by atoms with Crippen molar-refractivity contribution in [2.45, 2.75) is 71.7 Å². The van der Waals surface area contributed by atoms with E-state index < -0.39 is 23.1 Å². The number of hydrogen-bond donors (Lipinski definition) is 1. The smallest absolute Gasteiger partial charge is 0.416 e. The normalized spacial score (nSPS) is 17.6. The molecule has 1 aromatic heterocycles. The molecule has 0 bridgehead atoms. The third-order valence-corrected chi connectivity index (χ3v) is 6.21. The summed E-state index contributed by atoms with van der Waals surface area (Å²) in [6.07, 6.45) is -2.84. The van der Waals surface area contributed by atoms with Gasteiger partial charge in [0.15, 0.2) is 5.49 Å². The molecule has 2 aromatic rings. The molecule has 1 aliphatic rings. The summed E-state index contributed by atoms with van der Waals surface area (Å²) in [5, 5.41) is 9.51. The van der Waals surface area contributed by atoms with Crippen LogP contribution in [0.4, 0.5) is 13.2 Å². The molecule has 1 fully saturated rings. The number of hydrogen-bond acceptors (Lipinski definition) is 4. The van der Waals surface area contributed by atoms with Crippen LogP contribution in [0.25, 0.3) is 0 Å². The Morgan fingerprint density at radius 2 is 1.89 bits per heavy atom. The first-order valence-corrected chi connectivity index (χ1v) is 12.1. The maximum atomic E-state index is 13.5. The molecule has 1 atom stereocenters. The molecule has 2 heterocycles. The number of carbonyl (C=O) groups is 1. The molecule has 0 spiro atoms. The van der Waals surface area contributed by atoms with Crippen LogP contribution in [0.3, 0.4) is 0 Å². The van der Waals surface area contributed by atoms with Crippen LogP contribution in [0.5, 0.6) is 5.75 Å². The quantitative estimate of drug-likeness (QED) is 0.596. The van der Waals surface area contributed by atoms with E-state index in [0.717, 1.165) is 36.7 Å². The van der Waals surface area contributed by atoms with Crippen LogP contribution >= 0.6 is 0 Å². The Labute approximate surface area is 209 Å². The molecule has 3 rings (SSSR count). The number of amides is 1. The summed E-state index contributed by atoms with van der Waals surface area (Å²) >= 11 is 0. The molecule has 7 nitrogen and oxygen atoms in total. The minimum absolute atomic E-state index is 0.00761. The van der Waals surface area contributed by atoms with Gasteiger partial charge in [-0.15, -0.1) is 0 Å². The van der Waals surface area contributed by atoms with Crippen LogP contribution in [0.1, 0.15) is 69.1 Å². The highest BCUT2D eigenvalue weighted by atomic mass is 19.4. The minimum Gasteiger partial charge on any atom is -0.492 e. The highest BCUT2D eigenvalue weighted by molar-refractivity contribution is 5.97. The van der Waals surface area contributed by atoms with Crippen molar-refractivity contribution in [1.82, 2.24) is 9.36 Å². The van der Waals surface area contributed by atoms with Gasteiger partial charge in [0.2, 0.25) is 0 Å². The van der Waals surface area contributed by atoms with Gasteiger partial charge in [0.1, 0.15) is 5.75 Å². The first-order valence-electron chi connectivity index (χ1n) is 12.1. The van der Waals surface area contributed by atoms with Crippen molar-refractivity contribution in [2.75, 3.05) is 19.8 Å². The first-order chi connectivity index (χ1) is 16.6. The average molecular weight is 512 g/mol. The topological polar surface area (TPSA) is 78.0 Å². The summed E-state index contributed by atoms with van der Waals surface area (Å²) in [6.45, 7) is 10.5. The van der Waals surface area contributed by atoms with Crippen molar-refractivity contribution in [3.05, 3.63) is 46.6 Å². The number of aliphatic hydroxyl groups is 1. The number of benzene rings is 1. The van der Waals surface area contributed by atoms with E-state index in [1.807, 2.05) is 37.2 Å². The Hall–Kier alpha value is -2.59. The van der Waals surface area contributed by atoms with Gasteiger partial charge < -0.3 is 14.6 Å². The minimum atomic E-state index is -4.64. The van der Waals surface area contributed by atoms with Crippen molar-refractivity contribution in [1.29, 1.82) is 0 Å². The number of rotatable bonds is 7. The Kier molecular flexibility index (Phi) is 8.10. The average Bonchev–Trinajstić information content (AvgIpc) is 3.40. The number of halogens is 3. The zero-order valence-electron chi connectivity index (χ0n) is 21.8. The molecular weight excluding hydrogens is 475 g/mol. The summed E-state index contributed by atoms with van der Waals surface area (Å²) in [7, 11) is 1.87. The summed E-state index contributed by atoms with van der Waals surface area (Å²) in [5.41, 5.74) is -0.913. The van der Waals surface area contributed by atoms with Crippen LogP contribution in [0, 0.1) is 5.41 Å². The molecule has 36 heavy (non-hydrogen) atoms. The molecule has 0 unspecified atom stereocenters. The van der Waals surface area contributed by atoms with Crippen LogP contribution in [-0.2, 0) is 29.9 Å². The third-order valence-electron chi connectivity index (χ3n) is 6.21. The summed E-state index contributed by atoms with van der Waals surface area (Å²) in [4.78, 5) is 17.6. The lowest BCUT2D eigenvalue weighted by molar-refractivity contribution is -0.137. The third kappa shape index (κ3) is 6.59. The molecule has 0 radical (unpaired) electrons. The van der Waals surface area contributed by atoms with Crippen LogP contribution in [0.2, 0.25) is 0 Å². The summed E-state index contributed by atoms with van der Waals surface area (Å²) < 4.78 is 55.6. The fourth-order valence-corrected chi connectivity index (χ4v) is 4.05. The SMILES string of the molecule is Cn1c(C(C)(C)C)c/c(=N\C(=O)c2cc(C(F)(F)F)ccc2OCC(C)(C)CO)n1C[C@H]1CCCO1. The number of nitrogens with zero attached hydrogens (tertiary/aromatic N) is 3. The van der Waals surface area contributed by atoms with Gasteiger partial charge >= 0.3 is 6.18 Å². The molecule has 0 aliphatic carbocycles. The second-order valence-electron chi connectivity index (χ2n) is 11.1. The lowest BCUT2D eigenvalue weighted by Crippen LogP contribution is -2.30. The molecule has 10 heteroatoms. The number of aliphatic hydroxyl groups excluding tert-OH is 1. The van der Waals surface area contributed by atoms with Crippen LogP contribution in [0.15, 0.2) is 29.3 Å². The van der Waals surface area contributed by atoms with Crippen LogP contribution < -0.4 is 10.2 Å². The Morgan fingerprint density at radius 3 is 2.44 bits per heavy atom. The highest BCUT2D eigenvalue weighted by Gasteiger charge is 2.32. The zero-order chi connectivity index (χ0) is 26.9. The summed E-state index contributed by atoms with van der Waals surface area (Å²) in [6, 6.07) is 4.56. The fourth-order valence-electron chi connectivity index (χ4n) is 4.05. The van der Waals surface area contributed by atoms with Gasteiger partial charge in [-0.1, -0.05) is 34.6 Å². The predicted molar refractivity (Wildman–Crippen MR) is 129 cm³/mol. The molecule has 1 amide bonds. The maximum Gasteiger partial charge on any atom is 0.416 e. The van der Waals surface area contributed by atoms with Gasteiger partial charge in [-0.2, -0.15) is 18.2 Å². The Balaban J connectivity index is 2.10. The Bertz CT molecular complexity index is 1150. The molecule has 1 aromatic carbocycles. The number of alkyl halides is 3. The van der Waals surface area contributed by atoms with E-state index in [1.54, 1.807) is 19.9 Å². The highest BCUT2D eigenvalue weighted by Crippen LogP contribution is 2.33. The number of aromatic nitrogens is 2. The molecule has 1 aliphatic heterocycles. The van der Waals surface area contributed by atoms with Crippen LogP contribution in [-0.4, -0.2) is 46.3 Å². The lowest BCUT2D eigenvalue weighted by Gasteiger charge is -2.22. The van der Waals surface area contributed by atoms with E-state index in [0.29, 0.717) is 18.6 Å². The van der Waals surface area contributed by atoms with Gasteiger partial charge in [0.25, 0.3) is 5.91 Å². The number of carbonyl (C=O) groups excluding carboxylic acids is 1. The summed E-state index contributed by atoms with van der Waals surface area (Å²) in [5.74, 6) is -0.860. The van der Waals surface area contributed by atoms with Crippen molar-refractivity contribution in [2.24, 2.45) is 17.5 Å². The van der Waals surface area contributed by atoms with Gasteiger partial charge in [0.05, 0.1) is 37.0 Å². The monoisotopic (exact) mass is 511 g/mol. The molecule has 1 N–H and O–H groups in total. The second kappa shape index (κ2) is 10.4. The van der Waals surface area contributed by atoms with E-state index >= 15 is 0 Å². The van der Waals surface area contributed by atoms with Gasteiger partial charge in [-0.25, -0.2) is 0 Å². The van der Waals surface area contributed by atoms with Gasteiger partial charge in [0, 0.05) is 36.2 Å². The van der Waals surface area contributed by atoms with Crippen molar-refractivity contribution < 1.29 is 32.5 Å². The fraction of sp³-hybridized carbons (Fsp3) is 0.615. The maximum absolute atomic E-state index is 13.5. The first kappa shape index (κ1) is 28.0. The largest absolute Gasteiger partial charge is 0.492 e. The van der Waals surface area contributed by atoms with E-state index in [4.69, 9.17) is 9.47 Å². The van der Waals surface area contributed by atoms with E-state index in [9.17, 15) is 23.1 Å². The molecule has 0 saturated carbocycles. The van der Waals surface area contributed by atoms with E-state index in [2.05, 4.69) is 4.99 Å². The van der Waals surface area contributed by atoms with Crippen molar-refractivity contribution in [3.8, 4) is 5.75 Å². The number of ether oxygens (including phenoxy) is 2. The molecule has 200 valence electrons. The lowest BCUT2D eigenvalue weighted by atomic mass is 9.92. The molecule has 1 saturated heterocycles. The predicted octanol–water partition coefficient (Wildman–Crippen LogP) is 4.46. The van der Waals surface area contributed by atoms with Crippen molar-refractivity contribution in [3.63, 3.8) is 0 Å². The van der Waals surface area contributed by atoms with Crippen molar-refractivity contribution >= 4 is 5.91 Å².